The Morgan fingerprint density at radius 2 is 1.90 bits per heavy atom. The van der Waals surface area contributed by atoms with Gasteiger partial charge < -0.3 is 14.9 Å². The topological polar surface area (TPSA) is 115 Å². The van der Waals surface area contributed by atoms with Gasteiger partial charge in [-0.25, -0.2) is 0 Å². The van der Waals surface area contributed by atoms with Gasteiger partial charge in [0.1, 0.15) is 0 Å². The van der Waals surface area contributed by atoms with Crippen LogP contribution in [0.2, 0.25) is 0 Å². The highest BCUT2D eigenvalue weighted by Crippen LogP contribution is 2.19. The van der Waals surface area contributed by atoms with E-state index in [1.54, 1.807) is 6.92 Å². The van der Waals surface area contributed by atoms with Crippen molar-refractivity contribution in [3.8, 4) is 11.8 Å². The molecule has 1 aromatic rings. The highest BCUT2D eigenvalue weighted by molar-refractivity contribution is 7.86. The summed E-state index contributed by atoms with van der Waals surface area (Å²) < 4.78 is 33.1. The molecule has 0 aliphatic heterocycles. The van der Waals surface area contributed by atoms with Crippen molar-refractivity contribution >= 4 is 16.1 Å². The molecule has 21 heavy (non-hydrogen) atoms. The second-order valence-corrected chi connectivity index (χ2v) is 6.18. The van der Waals surface area contributed by atoms with Crippen molar-refractivity contribution < 1.29 is 32.4 Å². The minimum Gasteiger partial charge on any atom is -0.492 e. The van der Waals surface area contributed by atoms with E-state index in [4.69, 9.17) is 4.74 Å². The summed E-state index contributed by atoms with van der Waals surface area (Å²) >= 11 is 0. The van der Waals surface area contributed by atoms with Crippen molar-refractivity contribution in [2.75, 3.05) is 12.4 Å². The first-order chi connectivity index (χ1) is 9.76. The highest BCUT2D eigenvalue weighted by atomic mass is 32.2. The molecule has 120 valence electrons. The predicted molar refractivity (Wildman–Crippen MR) is 73.2 cm³/mol. The van der Waals surface area contributed by atoms with Crippen LogP contribution in [-0.2, 0) is 19.6 Å². The summed E-state index contributed by atoms with van der Waals surface area (Å²) in [6, 6.07) is 2.16. The summed E-state index contributed by atoms with van der Waals surface area (Å²) in [5.41, 5.74) is 0. The summed E-state index contributed by atoms with van der Waals surface area (Å²) in [4.78, 5) is 11.4. The SMILES string of the molecule is CCC(C)C(=O)OCCCS(=O)(=O)On1c(O)ccc1O. The van der Waals surface area contributed by atoms with Crippen molar-refractivity contribution in [2.24, 2.45) is 5.92 Å². The molecule has 0 saturated heterocycles. The van der Waals surface area contributed by atoms with E-state index in [9.17, 15) is 23.4 Å². The molecule has 0 spiro atoms. The Balaban J connectivity index is 2.42. The van der Waals surface area contributed by atoms with Crippen LogP contribution < -0.4 is 4.28 Å². The second kappa shape index (κ2) is 7.21. The van der Waals surface area contributed by atoms with Gasteiger partial charge in [0.05, 0.1) is 18.3 Å². The number of aromatic hydroxyl groups is 2. The van der Waals surface area contributed by atoms with E-state index in [1.165, 1.54) is 0 Å². The molecule has 0 fully saturated rings. The van der Waals surface area contributed by atoms with Crippen LogP contribution in [0.3, 0.4) is 0 Å². The van der Waals surface area contributed by atoms with E-state index in [0.29, 0.717) is 11.2 Å². The molecule has 9 heteroatoms. The van der Waals surface area contributed by atoms with Crippen LogP contribution in [0.25, 0.3) is 0 Å². The van der Waals surface area contributed by atoms with Crippen molar-refractivity contribution in [1.29, 1.82) is 0 Å². The summed E-state index contributed by atoms with van der Waals surface area (Å²) in [7, 11) is -4.02. The second-order valence-electron chi connectivity index (χ2n) is 4.51. The molecule has 0 aliphatic carbocycles. The van der Waals surface area contributed by atoms with Crippen molar-refractivity contribution in [2.45, 2.75) is 26.7 Å². The molecule has 0 bridgehead atoms. The maximum atomic E-state index is 11.6. The summed E-state index contributed by atoms with van der Waals surface area (Å²) in [6.45, 7) is 3.52. The van der Waals surface area contributed by atoms with E-state index >= 15 is 0 Å². The van der Waals surface area contributed by atoms with E-state index in [0.717, 1.165) is 12.1 Å². The van der Waals surface area contributed by atoms with E-state index in [-0.39, 0.29) is 24.9 Å². The number of esters is 1. The highest BCUT2D eigenvalue weighted by Gasteiger charge is 2.18. The van der Waals surface area contributed by atoms with Crippen molar-refractivity contribution in [3.63, 3.8) is 0 Å². The quantitative estimate of drug-likeness (QED) is 0.533. The minimum absolute atomic E-state index is 0.0462. The normalized spacial score (nSPS) is 12.9. The fraction of sp³-hybridized carbons (Fsp3) is 0.583. The average Bonchev–Trinajstić information content (AvgIpc) is 2.73. The first-order valence-electron chi connectivity index (χ1n) is 6.45. The zero-order valence-corrected chi connectivity index (χ0v) is 12.7. The number of hydrogen-bond acceptors (Lipinski definition) is 7. The fourth-order valence-electron chi connectivity index (χ4n) is 1.35. The van der Waals surface area contributed by atoms with Crippen LogP contribution in [0.5, 0.6) is 11.8 Å². The van der Waals surface area contributed by atoms with Crippen molar-refractivity contribution in [1.82, 2.24) is 4.73 Å². The first kappa shape index (κ1) is 17.2. The molecular weight excluding hydrogens is 302 g/mol. The van der Waals surface area contributed by atoms with Gasteiger partial charge in [0.15, 0.2) is 0 Å². The Kier molecular flexibility index (Phi) is 5.89. The standard InChI is InChI=1S/C12H19NO7S/c1-3-9(2)12(16)19-7-4-8-21(17,18)20-13-10(14)5-6-11(13)15/h5-6,9,14-15H,3-4,7-8H2,1-2H3. The average molecular weight is 321 g/mol. The minimum atomic E-state index is -4.02. The third-order valence-corrected chi connectivity index (χ3v) is 3.95. The third-order valence-electron chi connectivity index (χ3n) is 2.78. The van der Waals surface area contributed by atoms with Gasteiger partial charge in [0, 0.05) is 12.1 Å². The number of rotatable bonds is 8. The van der Waals surface area contributed by atoms with Gasteiger partial charge in [0.25, 0.3) is 0 Å². The Bertz CT molecular complexity index is 559. The number of carbonyl (C=O) groups is 1. The van der Waals surface area contributed by atoms with Gasteiger partial charge in [-0.15, -0.1) is 0 Å². The molecule has 0 saturated carbocycles. The van der Waals surface area contributed by atoms with Crippen LogP contribution in [0.1, 0.15) is 26.7 Å². The summed E-state index contributed by atoms with van der Waals surface area (Å²) in [6.07, 6.45) is 0.694. The van der Waals surface area contributed by atoms with Gasteiger partial charge >= 0.3 is 16.1 Å². The number of ether oxygens (including phenoxy) is 1. The lowest BCUT2D eigenvalue weighted by atomic mass is 10.1. The van der Waals surface area contributed by atoms with Crippen LogP contribution in [-0.4, -0.2) is 41.7 Å². The first-order valence-corrected chi connectivity index (χ1v) is 8.03. The molecular formula is C12H19NO7S. The fourth-order valence-corrected chi connectivity index (χ4v) is 2.27. The maximum absolute atomic E-state index is 11.6. The predicted octanol–water partition coefficient (Wildman–Crippen LogP) is 0.637. The molecule has 1 rings (SSSR count). The molecule has 0 aliphatic rings. The number of aromatic nitrogens is 1. The molecule has 1 unspecified atom stereocenters. The third kappa shape index (κ3) is 5.18. The molecule has 0 radical (unpaired) electrons. The lowest BCUT2D eigenvalue weighted by Gasteiger charge is -2.10. The van der Waals surface area contributed by atoms with Crippen molar-refractivity contribution in [3.05, 3.63) is 12.1 Å². The van der Waals surface area contributed by atoms with Crippen LogP contribution in [0.4, 0.5) is 0 Å². The molecule has 0 amide bonds. The lowest BCUT2D eigenvalue weighted by Crippen LogP contribution is -2.23. The number of carbonyl (C=O) groups excluding carboxylic acids is 1. The Hall–Kier alpha value is -1.90. The maximum Gasteiger partial charge on any atom is 0.327 e. The Labute approximate surface area is 123 Å². The molecule has 8 nitrogen and oxygen atoms in total. The summed E-state index contributed by atoms with van der Waals surface area (Å²) in [5.74, 6) is -2.11. The molecule has 1 atom stereocenters. The smallest absolute Gasteiger partial charge is 0.327 e. The lowest BCUT2D eigenvalue weighted by molar-refractivity contribution is -0.148. The van der Waals surface area contributed by atoms with Gasteiger partial charge in [-0.05, 0) is 12.8 Å². The zero-order chi connectivity index (χ0) is 16.0. The summed E-state index contributed by atoms with van der Waals surface area (Å²) in [5, 5.41) is 18.5. The molecule has 2 N–H and O–H groups in total. The van der Waals surface area contributed by atoms with Gasteiger partial charge in [-0.2, -0.15) is 8.42 Å². The number of nitrogens with zero attached hydrogens (tertiary/aromatic N) is 1. The van der Waals surface area contributed by atoms with Gasteiger partial charge in [-0.1, -0.05) is 18.6 Å². The number of hydrogen-bond donors (Lipinski definition) is 2. The van der Waals surface area contributed by atoms with E-state index in [2.05, 4.69) is 4.28 Å². The van der Waals surface area contributed by atoms with Crippen LogP contribution in [0, 0.1) is 5.92 Å². The van der Waals surface area contributed by atoms with E-state index in [1.807, 2.05) is 6.92 Å². The molecule has 1 heterocycles. The Morgan fingerprint density at radius 1 is 1.33 bits per heavy atom. The largest absolute Gasteiger partial charge is 0.492 e. The van der Waals surface area contributed by atoms with Crippen LogP contribution in [0.15, 0.2) is 12.1 Å². The zero-order valence-electron chi connectivity index (χ0n) is 11.9. The van der Waals surface area contributed by atoms with Gasteiger partial charge in [0.2, 0.25) is 11.8 Å². The molecule has 0 aromatic carbocycles. The van der Waals surface area contributed by atoms with Crippen LogP contribution >= 0.6 is 0 Å². The van der Waals surface area contributed by atoms with E-state index < -0.39 is 27.6 Å². The monoisotopic (exact) mass is 321 g/mol. The Morgan fingerprint density at radius 3 is 2.43 bits per heavy atom. The van der Waals surface area contributed by atoms with Gasteiger partial charge in [-0.3, -0.25) is 9.08 Å². The molecule has 1 aromatic heterocycles.